The summed E-state index contributed by atoms with van der Waals surface area (Å²) < 4.78 is 20.9. The molecule has 0 bridgehead atoms. The average Bonchev–Trinajstić information content (AvgIpc) is 2.83. The van der Waals surface area contributed by atoms with Crippen LogP contribution in [0.5, 0.6) is 0 Å². The molecule has 0 radical (unpaired) electrons. The molecule has 0 fully saturated rings. The lowest BCUT2D eigenvalue weighted by atomic mass is 10.0. The van der Waals surface area contributed by atoms with Crippen LogP contribution in [-0.2, 0) is 11.3 Å². The molecule has 0 aliphatic carbocycles. The highest BCUT2D eigenvalue weighted by Crippen LogP contribution is 2.31. The van der Waals surface area contributed by atoms with E-state index in [1.54, 1.807) is 31.1 Å². The molecular weight excluding hydrogens is 316 g/mol. The molecule has 1 heterocycles. The largest absolute Gasteiger partial charge is 0.383 e. The van der Waals surface area contributed by atoms with Crippen molar-refractivity contribution >= 4 is 23.2 Å². The second-order valence-corrected chi connectivity index (χ2v) is 5.32. The third-order valence-corrected chi connectivity index (χ3v) is 3.70. The fourth-order valence-corrected chi connectivity index (χ4v) is 2.62. The Kier molecular flexibility index (Phi) is 5.58. The van der Waals surface area contributed by atoms with E-state index in [0.717, 1.165) is 0 Å². The first-order valence-electron chi connectivity index (χ1n) is 6.40. The Morgan fingerprint density at radius 3 is 2.86 bits per heavy atom. The van der Waals surface area contributed by atoms with Crippen molar-refractivity contribution in [3.63, 3.8) is 0 Å². The first-order valence-corrected chi connectivity index (χ1v) is 7.16. The molecule has 114 valence electrons. The maximum Gasteiger partial charge on any atom is 0.128 e. The van der Waals surface area contributed by atoms with Gasteiger partial charge in [0.25, 0.3) is 0 Å². The van der Waals surface area contributed by atoms with Gasteiger partial charge in [0.15, 0.2) is 0 Å². The lowest BCUT2D eigenvalue weighted by molar-refractivity contribution is 0.182. The van der Waals surface area contributed by atoms with E-state index < -0.39 is 6.04 Å². The van der Waals surface area contributed by atoms with Gasteiger partial charge >= 0.3 is 0 Å². The quantitative estimate of drug-likeness (QED) is 0.882. The molecule has 0 aliphatic rings. The Hall–Kier alpha value is -1.14. The number of hydrogen-bond donors (Lipinski definition) is 1. The Labute approximate surface area is 132 Å². The summed E-state index contributed by atoms with van der Waals surface area (Å²) in [5, 5.41) is 8.20. The molecule has 4 nitrogen and oxygen atoms in total. The average molecular weight is 332 g/mol. The van der Waals surface area contributed by atoms with E-state index >= 15 is 0 Å². The van der Waals surface area contributed by atoms with Gasteiger partial charge in [0.1, 0.15) is 5.82 Å². The minimum atomic E-state index is -0.449. The summed E-state index contributed by atoms with van der Waals surface area (Å²) in [7, 11) is 3.34. The summed E-state index contributed by atoms with van der Waals surface area (Å²) in [4.78, 5) is 0. The second-order valence-electron chi connectivity index (χ2n) is 4.48. The van der Waals surface area contributed by atoms with Gasteiger partial charge in [-0.2, -0.15) is 5.10 Å². The molecule has 2 aromatic rings. The van der Waals surface area contributed by atoms with Gasteiger partial charge in [-0.1, -0.05) is 23.2 Å². The third kappa shape index (κ3) is 3.55. The van der Waals surface area contributed by atoms with Crippen LogP contribution in [0.3, 0.4) is 0 Å². The van der Waals surface area contributed by atoms with Crippen LogP contribution in [0.15, 0.2) is 24.4 Å². The number of methoxy groups -OCH3 is 1. The Morgan fingerprint density at radius 1 is 1.43 bits per heavy atom. The first-order chi connectivity index (χ1) is 10.1. The predicted molar refractivity (Wildman–Crippen MR) is 81.4 cm³/mol. The lowest BCUT2D eigenvalue weighted by Crippen LogP contribution is -2.24. The van der Waals surface area contributed by atoms with Crippen LogP contribution in [0, 0.1) is 5.82 Å². The van der Waals surface area contributed by atoms with Gasteiger partial charge in [-0.25, -0.2) is 4.39 Å². The molecule has 0 saturated carbocycles. The van der Waals surface area contributed by atoms with Crippen molar-refractivity contribution in [2.24, 2.45) is 0 Å². The SMILES string of the molecule is CNC(c1cc(Cl)ccc1F)c1c(Cl)cnn1CCOC. The van der Waals surface area contributed by atoms with E-state index in [2.05, 4.69) is 10.4 Å². The van der Waals surface area contributed by atoms with E-state index in [9.17, 15) is 4.39 Å². The van der Waals surface area contributed by atoms with Crippen LogP contribution >= 0.6 is 23.2 Å². The number of nitrogens with zero attached hydrogens (tertiary/aromatic N) is 2. The van der Waals surface area contributed by atoms with E-state index in [4.69, 9.17) is 27.9 Å². The smallest absolute Gasteiger partial charge is 0.128 e. The molecule has 1 aromatic carbocycles. The fraction of sp³-hybridized carbons (Fsp3) is 0.357. The minimum Gasteiger partial charge on any atom is -0.383 e. The molecule has 0 spiro atoms. The van der Waals surface area contributed by atoms with Crippen LogP contribution in [0.25, 0.3) is 0 Å². The number of benzene rings is 1. The highest BCUT2D eigenvalue weighted by atomic mass is 35.5. The molecule has 21 heavy (non-hydrogen) atoms. The van der Waals surface area contributed by atoms with Gasteiger partial charge in [0, 0.05) is 17.7 Å². The van der Waals surface area contributed by atoms with Crippen LogP contribution in [0.4, 0.5) is 4.39 Å². The van der Waals surface area contributed by atoms with E-state index in [1.165, 1.54) is 12.1 Å². The zero-order valence-corrected chi connectivity index (χ0v) is 13.2. The van der Waals surface area contributed by atoms with Crippen molar-refractivity contribution in [2.75, 3.05) is 20.8 Å². The molecular formula is C14H16Cl2FN3O. The number of aromatic nitrogens is 2. The summed E-state index contributed by atoms with van der Waals surface area (Å²) in [6.45, 7) is 1.01. The van der Waals surface area contributed by atoms with E-state index in [1.807, 2.05) is 0 Å². The Bertz CT molecular complexity index is 618. The lowest BCUT2D eigenvalue weighted by Gasteiger charge is -2.20. The topological polar surface area (TPSA) is 39.1 Å². The number of rotatable bonds is 6. The first kappa shape index (κ1) is 16.2. The number of halogens is 3. The van der Waals surface area contributed by atoms with Crippen molar-refractivity contribution in [1.29, 1.82) is 0 Å². The normalized spacial score (nSPS) is 12.6. The summed E-state index contributed by atoms with van der Waals surface area (Å²) in [6, 6.07) is 3.99. The molecule has 1 N–H and O–H groups in total. The number of nitrogens with one attached hydrogen (secondary N) is 1. The number of ether oxygens (including phenoxy) is 1. The molecule has 7 heteroatoms. The maximum atomic E-state index is 14.1. The molecule has 0 saturated heterocycles. The van der Waals surface area contributed by atoms with Gasteiger partial charge in [0.05, 0.1) is 36.1 Å². The number of hydrogen-bond acceptors (Lipinski definition) is 3. The van der Waals surface area contributed by atoms with Gasteiger partial charge in [-0.3, -0.25) is 4.68 Å². The monoisotopic (exact) mass is 331 g/mol. The zero-order valence-electron chi connectivity index (χ0n) is 11.7. The molecule has 2 rings (SSSR count). The summed E-state index contributed by atoms with van der Waals surface area (Å²) in [5.41, 5.74) is 1.10. The maximum absolute atomic E-state index is 14.1. The highest BCUT2D eigenvalue weighted by molar-refractivity contribution is 6.31. The molecule has 1 aromatic heterocycles. The van der Waals surface area contributed by atoms with Crippen LogP contribution in [0.2, 0.25) is 10.0 Å². The third-order valence-electron chi connectivity index (χ3n) is 3.17. The highest BCUT2D eigenvalue weighted by Gasteiger charge is 2.23. The van der Waals surface area contributed by atoms with Gasteiger partial charge in [-0.15, -0.1) is 0 Å². The van der Waals surface area contributed by atoms with Crippen LogP contribution < -0.4 is 5.32 Å². The summed E-state index contributed by atoms with van der Waals surface area (Å²) >= 11 is 12.2. The van der Waals surface area contributed by atoms with Crippen molar-refractivity contribution in [2.45, 2.75) is 12.6 Å². The van der Waals surface area contributed by atoms with Gasteiger partial charge in [-0.05, 0) is 25.2 Å². The minimum absolute atomic E-state index is 0.352. The predicted octanol–water partition coefficient (Wildman–Crippen LogP) is 3.28. The van der Waals surface area contributed by atoms with E-state index in [-0.39, 0.29) is 5.82 Å². The molecule has 1 atom stereocenters. The van der Waals surface area contributed by atoms with Crippen molar-refractivity contribution < 1.29 is 9.13 Å². The second kappa shape index (κ2) is 7.22. The molecule has 0 amide bonds. The summed E-state index contributed by atoms with van der Waals surface area (Å²) in [5.74, 6) is -0.352. The van der Waals surface area contributed by atoms with Crippen molar-refractivity contribution in [1.82, 2.24) is 15.1 Å². The Morgan fingerprint density at radius 2 is 2.19 bits per heavy atom. The summed E-state index contributed by atoms with van der Waals surface area (Å²) in [6.07, 6.45) is 1.54. The van der Waals surface area contributed by atoms with Crippen molar-refractivity contribution in [3.05, 3.63) is 51.5 Å². The molecule has 1 unspecified atom stereocenters. The van der Waals surface area contributed by atoms with Crippen LogP contribution in [0.1, 0.15) is 17.3 Å². The van der Waals surface area contributed by atoms with Gasteiger partial charge < -0.3 is 10.1 Å². The fourth-order valence-electron chi connectivity index (χ4n) is 2.19. The van der Waals surface area contributed by atoms with E-state index in [0.29, 0.717) is 34.5 Å². The van der Waals surface area contributed by atoms with Crippen molar-refractivity contribution in [3.8, 4) is 0 Å². The molecule has 0 aliphatic heterocycles. The standard InChI is InChI=1S/C14H16Cl2FN3O/c1-18-13(10-7-9(15)3-4-12(10)17)14-11(16)8-19-20(14)5-6-21-2/h3-4,7-8,13,18H,5-6H2,1-2H3. The Balaban J connectivity index is 2.46. The zero-order chi connectivity index (χ0) is 15.4. The van der Waals surface area contributed by atoms with Gasteiger partial charge in [0.2, 0.25) is 0 Å². The van der Waals surface area contributed by atoms with Crippen LogP contribution in [-0.4, -0.2) is 30.5 Å².